The Hall–Kier alpha value is -2.08. The number of anilines is 1. The van der Waals surface area contributed by atoms with Crippen LogP contribution in [0.25, 0.3) is 0 Å². The Bertz CT molecular complexity index is 861. The Balaban J connectivity index is 2.49. The van der Waals surface area contributed by atoms with E-state index in [9.17, 15) is 8.42 Å². The third-order valence-electron chi connectivity index (χ3n) is 4.24. The summed E-state index contributed by atoms with van der Waals surface area (Å²) in [6.45, 7) is 10.5. The van der Waals surface area contributed by atoms with Gasteiger partial charge >= 0.3 is 0 Å². The van der Waals surface area contributed by atoms with Gasteiger partial charge in [0.15, 0.2) is 0 Å². The minimum Gasteiger partial charge on any atom is -0.492 e. The first kappa shape index (κ1) is 20.2. The highest BCUT2D eigenvalue weighted by Gasteiger charge is 2.23. The van der Waals surface area contributed by atoms with Gasteiger partial charge in [0.2, 0.25) is 0 Å². The zero-order valence-corrected chi connectivity index (χ0v) is 17.0. The molecule has 2 aromatic rings. The van der Waals surface area contributed by atoms with Gasteiger partial charge in [-0.1, -0.05) is 33.3 Å². The van der Waals surface area contributed by atoms with Crippen LogP contribution in [0.2, 0.25) is 0 Å². The first-order valence-electron chi connectivity index (χ1n) is 8.98. The topological polar surface area (TPSA) is 68.3 Å². The van der Waals surface area contributed by atoms with E-state index in [1.807, 2.05) is 39.8 Å². The third kappa shape index (κ3) is 4.75. The number of sulfonamides is 1. The molecule has 0 saturated carbocycles. The summed E-state index contributed by atoms with van der Waals surface area (Å²) in [5.74, 6) is 0.936. The third-order valence-corrected chi connectivity index (χ3v) is 5.60. The molecule has 0 aliphatic carbocycles. The molecule has 0 aliphatic rings. The first-order chi connectivity index (χ1) is 12.3. The Kier molecular flexibility index (Phi) is 6.64. The van der Waals surface area contributed by atoms with Crippen molar-refractivity contribution in [3.8, 4) is 5.75 Å². The monoisotopic (exact) mass is 376 g/mol. The second-order valence-corrected chi connectivity index (χ2v) is 8.44. The van der Waals surface area contributed by atoms with E-state index in [1.54, 1.807) is 18.3 Å². The first-order valence-corrected chi connectivity index (χ1v) is 10.5. The Morgan fingerprint density at radius 2 is 1.92 bits per heavy atom. The fraction of sp³-hybridized carbons (Fsp3) is 0.450. The SMILES string of the molecule is CCCCOc1cc(C)c(C(C)C)cc1S(=O)(=O)Nc1ncccc1C. The van der Waals surface area contributed by atoms with Crippen LogP contribution in [0.3, 0.4) is 0 Å². The van der Waals surface area contributed by atoms with Crippen molar-refractivity contribution < 1.29 is 13.2 Å². The van der Waals surface area contributed by atoms with Gasteiger partial charge in [-0.25, -0.2) is 13.4 Å². The van der Waals surface area contributed by atoms with E-state index in [2.05, 4.69) is 16.6 Å². The number of ether oxygens (including phenoxy) is 1. The van der Waals surface area contributed by atoms with Crippen molar-refractivity contribution in [2.45, 2.75) is 58.3 Å². The van der Waals surface area contributed by atoms with Crippen LogP contribution in [-0.4, -0.2) is 20.0 Å². The second kappa shape index (κ2) is 8.54. The number of aromatic nitrogens is 1. The number of nitrogens with one attached hydrogen (secondary N) is 1. The van der Waals surface area contributed by atoms with Crippen LogP contribution in [0.4, 0.5) is 5.82 Å². The van der Waals surface area contributed by atoms with Gasteiger partial charge in [-0.15, -0.1) is 0 Å². The average Bonchev–Trinajstić information content (AvgIpc) is 2.56. The van der Waals surface area contributed by atoms with Crippen molar-refractivity contribution >= 4 is 15.8 Å². The number of hydrogen-bond donors (Lipinski definition) is 1. The van der Waals surface area contributed by atoms with Gasteiger partial charge < -0.3 is 4.74 Å². The van der Waals surface area contributed by atoms with Gasteiger partial charge in [0, 0.05) is 6.20 Å². The Morgan fingerprint density at radius 1 is 1.19 bits per heavy atom. The number of hydrogen-bond acceptors (Lipinski definition) is 4. The van der Waals surface area contributed by atoms with Crippen LogP contribution in [-0.2, 0) is 10.0 Å². The standard InChI is InChI=1S/C20H28N2O3S/c1-6-7-11-25-18-12-16(5)17(14(2)3)13-19(18)26(23,24)22-20-15(4)9-8-10-21-20/h8-10,12-14H,6-7,11H2,1-5H3,(H,21,22). The van der Waals surface area contributed by atoms with Crippen molar-refractivity contribution in [2.24, 2.45) is 0 Å². The number of pyridine rings is 1. The highest BCUT2D eigenvalue weighted by atomic mass is 32.2. The lowest BCUT2D eigenvalue weighted by Crippen LogP contribution is -2.17. The van der Waals surface area contributed by atoms with E-state index in [1.165, 1.54) is 0 Å². The highest BCUT2D eigenvalue weighted by molar-refractivity contribution is 7.92. The van der Waals surface area contributed by atoms with Crippen LogP contribution in [0.15, 0.2) is 35.4 Å². The molecule has 0 unspecified atom stereocenters. The summed E-state index contributed by atoms with van der Waals surface area (Å²) in [5, 5.41) is 0. The van der Waals surface area contributed by atoms with E-state index in [-0.39, 0.29) is 10.8 Å². The molecule has 0 amide bonds. The number of unbranched alkanes of at least 4 members (excludes halogenated alkanes) is 1. The van der Waals surface area contributed by atoms with Gasteiger partial charge in [0.1, 0.15) is 16.5 Å². The van der Waals surface area contributed by atoms with Crippen LogP contribution < -0.4 is 9.46 Å². The quantitative estimate of drug-likeness (QED) is 0.672. The molecule has 1 aromatic carbocycles. The molecule has 26 heavy (non-hydrogen) atoms. The molecule has 0 radical (unpaired) electrons. The summed E-state index contributed by atoms with van der Waals surface area (Å²) in [7, 11) is -3.81. The largest absolute Gasteiger partial charge is 0.492 e. The molecule has 142 valence electrons. The maximum atomic E-state index is 13.1. The molecule has 0 spiro atoms. The minimum absolute atomic E-state index is 0.160. The fourth-order valence-electron chi connectivity index (χ4n) is 2.72. The van der Waals surface area contributed by atoms with Crippen molar-refractivity contribution in [3.63, 3.8) is 0 Å². The molecule has 5 nitrogen and oxygen atoms in total. The Morgan fingerprint density at radius 3 is 2.54 bits per heavy atom. The van der Waals surface area contributed by atoms with Gasteiger partial charge in [-0.05, 0) is 61.1 Å². The van der Waals surface area contributed by atoms with Crippen molar-refractivity contribution in [3.05, 3.63) is 47.2 Å². The number of aryl methyl sites for hydroxylation is 2. The van der Waals surface area contributed by atoms with E-state index in [0.717, 1.165) is 29.5 Å². The number of benzene rings is 1. The highest BCUT2D eigenvalue weighted by Crippen LogP contribution is 2.32. The molecule has 1 aromatic heterocycles. The summed E-state index contributed by atoms with van der Waals surface area (Å²) >= 11 is 0. The van der Waals surface area contributed by atoms with Crippen LogP contribution in [0.5, 0.6) is 5.75 Å². The molecule has 0 fully saturated rings. The lowest BCUT2D eigenvalue weighted by atomic mass is 9.98. The summed E-state index contributed by atoms with van der Waals surface area (Å²) in [4.78, 5) is 4.30. The minimum atomic E-state index is -3.81. The lowest BCUT2D eigenvalue weighted by Gasteiger charge is -2.18. The number of rotatable bonds is 8. The molecule has 0 saturated heterocycles. The van der Waals surface area contributed by atoms with E-state index in [0.29, 0.717) is 18.2 Å². The van der Waals surface area contributed by atoms with Gasteiger partial charge in [0.25, 0.3) is 10.0 Å². The average molecular weight is 377 g/mol. The van der Waals surface area contributed by atoms with Crippen molar-refractivity contribution in [1.82, 2.24) is 4.98 Å². The molecule has 1 heterocycles. The molecule has 1 N–H and O–H groups in total. The Labute approximate surface area is 156 Å². The molecule has 0 atom stereocenters. The lowest BCUT2D eigenvalue weighted by molar-refractivity contribution is 0.301. The molecule has 0 aliphatic heterocycles. The van der Waals surface area contributed by atoms with Gasteiger partial charge in [-0.3, -0.25) is 4.72 Å². The van der Waals surface area contributed by atoms with E-state index in [4.69, 9.17) is 4.74 Å². The fourth-order valence-corrected chi connectivity index (χ4v) is 3.97. The normalized spacial score (nSPS) is 11.6. The maximum absolute atomic E-state index is 13.1. The van der Waals surface area contributed by atoms with E-state index >= 15 is 0 Å². The molecule has 6 heteroatoms. The summed E-state index contributed by atoms with van der Waals surface area (Å²) in [5.41, 5.74) is 2.78. The van der Waals surface area contributed by atoms with Gasteiger partial charge in [-0.2, -0.15) is 0 Å². The molecular formula is C20H28N2O3S. The summed E-state index contributed by atoms with van der Waals surface area (Å²) < 4.78 is 34.5. The summed E-state index contributed by atoms with van der Waals surface area (Å²) in [6.07, 6.45) is 3.42. The molecule has 2 rings (SSSR count). The van der Waals surface area contributed by atoms with Crippen LogP contribution in [0.1, 0.15) is 56.2 Å². The summed E-state index contributed by atoms with van der Waals surface area (Å²) in [6, 6.07) is 7.14. The van der Waals surface area contributed by atoms with Crippen molar-refractivity contribution in [1.29, 1.82) is 0 Å². The zero-order chi connectivity index (χ0) is 19.3. The second-order valence-electron chi connectivity index (χ2n) is 6.79. The number of nitrogens with zero attached hydrogens (tertiary/aromatic N) is 1. The van der Waals surface area contributed by atoms with Gasteiger partial charge in [0.05, 0.1) is 6.61 Å². The van der Waals surface area contributed by atoms with Crippen LogP contribution >= 0.6 is 0 Å². The van der Waals surface area contributed by atoms with E-state index < -0.39 is 10.0 Å². The predicted octanol–water partition coefficient (Wildman–Crippen LogP) is 4.80. The smallest absolute Gasteiger partial charge is 0.266 e. The molecule has 0 bridgehead atoms. The van der Waals surface area contributed by atoms with Crippen LogP contribution in [0, 0.1) is 13.8 Å². The zero-order valence-electron chi connectivity index (χ0n) is 16.2. The molecular weight excluding hydrogens is 348 g/mol. The predicted molar refractivity (Wildman–Crippen MR) is 105 cm³/mol. The maximum Gasteiger partial charge on any atom is 0.266 e. The van der Waals surface area contributed by atoms with Crippen molar-refractivity contribution in [2.75, 3.05) is 11.3 Å².